The topological polar surface area (TPSA) is 84.6 Å². The summed E-state index contributed by atoms with van der Waals surface area (Å²) in [7, 11) is 0. The molecule has 5 nitrogen and oxygen atoms in total. The Morgan fingerprint density at radius 3 is 2.65 bits per heavy atom. The Kier molecular flexibility index (Phi) is 5.39. The third-order valence-corrected chi connectivity index (χ3v) is 2.58. The maximum Gasteiger partial charge on any atom is 0.412 e. The minimum atomic E-state index is -0.586. The number of aromatic hydroxyl groups is 1. The molecule has 1 aromatic rings. The number of ether oxygens (including phenoxy) is 1. The first-order valence-electron chi connectivity index (χ1n) is 6.75. The monoisotopic (exact) mass is 280 g/mol. The van der Waals surface area contributed by atoms with Crippen molar-refractivity contribution in [3.05, 3.63) is 23.8 Å². The quantitative estimate of drug-likeness (QED) is 0.740. The van der Waals surface area contributed by atoms with Gasteiger partial charge in [0.1, 0.15) is 11.4 Å². The third-order valence-electron chi connectivity index (χ3n) is 2.58. The molecule has 0 saturated carbocycles. The second kappa shape index (κ2) is 6.61. The summed E-state index contributed by atoms with van der Waals surface area (Å²) in [4.78, 5) is 11.7. The highest BCUT2D eigenvalue weighted by atomic mass is 16.6. The van der Waals surface area contributed by atoms with Crippen LogP contribution in [-0.4, -0.2) is 22.8 Å². The summed E-state index contributed by atoms with van der Waals surface area (Å²) in [6, 6.07) is 5.23. The van der Waals surface area contributed by atoms with E-state index in [2.05, 4.69) is 5.32 Å². The number of nitrogens with one attached hydrogen (secondary N) is 1. The van der Waals surface area contributed by atoms with Crippen LogP contribution in [0, 0.1) is 0 Å². The lowest BCUT2D eigenvalue weighted by atomic mass is 10.1. The number of aryl methyl sites for hydroxylation is 1. The number of phenolic OH excluding ortho intramolecular Hbond substituents is 1. The summed E-state index contributed by atoms with van der Waals surface area (Å²) in [6.45, 7) is 7.29. The van der Waals surface area contributed by atoms with Crippen molar-refractivity contribution in [1.29, 1.82) is 0 Å². The maximum absolute atomic E-state index is 11.7. The number of phenols is 1. The highest BCUT2D eigenvalue weighted by Crippen LogP contribution is 2.25. The van der Waals surface area contributed by atoms with Crippen molar-refractivity contribution in [2.75, 3.05) is 5.32 Å². The van der Waals surface area contributed by atoms with Gasteiger partial charge in [-0.05, 0) is 58.2 Å². The molecule has 0 fully saturated rings. The fourth-order valence-electron chi connectivity index (χ4n) is 1.65. The van der Waals surface area contributed by atoms with Crippen molar-refractivity contribution < 1.29 is 14.6 Å². The number of rotatable bonds is 4. The van der Waals surface area contributed by atoms with Crippen molar-refractivity contribution in [1.82, 2.24) is 0 Å². The first-order chi connectivity index (χ1) is 9.17. The van der Waals surface area contributed by atoms with E-state index in [-0.39, 0.29) is 11.8 Å². The SMILES string of the molecule is CC(N)CCc1ccc(O)c(NC(=O)OC(C)(C)C)c1. The van der Waals surface area contributed by atoms with Gasteiger partial charge in [0.2, 0.25) is 0 Å². The summed E-state index contributed by atoms with van der Waals surface area (Å²) in [5, 5.41) is 12.3. The van der Waals surface area contributed by atoms with E-state index in [1.165, 1.54) is 0 Å². The predicted octanol–water partition coefficient (Wildman–Crippen LogP) is 3.02. The molecule has 5 heteroatoms. The zero-order chi connectivity index (χ0) is 15.3. The molecule has 0 saturated heterocycles. The first kappa shape index (κ1) is 16.3. The average molecular weight is 280 g/mol. The summed E-state index contributed by atoms with van der Waals surface area (Å²) < 4.78 is 5.15. The molecule has 20 heavy (non-hydrogen) atoms. The Morgan fingerprint density at radius 1 is 1.45 bits per heavy atom. The fraction of sp³-hybridized carbons (Fsp3) is 0.533. The van der Waals surface area contributed by atoms with Gasteiger partial charge in [-0.15, -0.1) is 0 Å². The molecule has 4 N–H and O–H groups in total. The summed E-state index contributed by atoms with van der Waals surface area (Å²) in [6.07, 6.45) is 1.05. The Bertz CT molecular complexity index is 465. The number of benzene rings is 1. The molecule has 1 unspecified atom stereocenters. The predicted molar refractivity (Wildman–Crippen MR) is 79.9 cm³/mol. The Hall–Kier alpha value is -1.75. The van der Waals surface area contributed by atoms with Gasteiger partial charge in [0.05, 0.1) is 5.69 Å². The molecule has 1 aromatic carbocycles. The van der Waals surface area contributed by atoms with Crippen molar-refractivity contribution in [3.63, 3.8) is 0 Å². The molecule has 0 aromatic heterocycles. The second-order valence-corrected chi connectivity index (χ2v) is 5.99. The summed E-state index contributed by atoms with van der Waals surface area (Å²) in [5.74, 6) is 0.0143. The molecule has 1 rings (SSSR count). The van der Waals surface area contributed by atoms with Crippen molar-refractivity contribution in [3.8, 4) is 5.75 Å². The molecule has 1 atom stereocenters. The van der Waals surface area contributed by atoms with Gasteiger partial charge in [0.25, 0.3) is 0 Å². The number of hydrogen-bond donors (Lipinski definition) is 3. The Labute approximate surface area is 120 Å². The van der Waals surface area contributed by atoms with Gasteiger partial charge < -0.3 is 15.6 Å². The van der Waals surface area contributed by atoms with Gasteiger partial charge >= 0.3 is 6.09 Å². The number of carbonyl (C=O) groups is 1. The molecule has 0 bridgehead atoms. The Balaban J connectivity index is 2.73. The molecule has 0 aliphatic rings. The number of hydrogen-bond acceptors (Lipinski definition) is 4. The van der Waals surface area contributed by atoms with Gasteiger partial charge in [-0.2, -0.15) is 0 Å². The van der Waals surface area contributed by atoms with E-state index in [1.807, 2.05) is 13.0 Å². The molecular formula is C15H24N2O3. The largest absolute Gasteiger partial charge is 0.506 e. The van der Waals surface area contributed by atoms with Gasteiger partial charge in [-0.3, -0.25) is 5.32 Å². The first-order valence-corrected chi connectivity index (χ1v) is 6.75. The van der Waals surface area contributed by atoms with Crippen molar-refractivity contribution in [2.24, 2.45) is 5.73 Å². The van der Waals surface area contributed by atoms with Crippen LogP contribution in [0.15, 0.2) is 18.2 Å². The van der Waals surface area contributed by atoms with E-state index in [4.69, 9.17) is 10.5 Å². The van der Waals surface area contributed by atoms with E-state index in [0.717, 1.165) is 18.4 Å². The number of nitrogens with two attached hydrogens (primary N) is 1. The zero-order valence-electron chi connectivity index (χ0n) is 12.6. The average Bonchev–Trinajstić information content (AvgIpc) is 2.27. The van der Waals surface area contributed by atoms with Crippen LogP contribution in [0.25, 0.3) is 0 Å². The van der Waals surface area contributed by atoms with Gasteiger partial charge in [0.15, 0.2) is 0 Å². The van der Waals surface area contributed by atoms with Gasteiger partial charge in [-0.25, -0.2) is 4.79 Å². The molecule has 0 spiro atoms. The van der Waals surface area contributed by atoms with Crippen LogP contribution in [-0.2, 0) is 11.2 Å². The number of carbonyl (C=O) groups excluding carboxylic acids is 1. The van der Waals surface area contributed by atoms with E-state index < -0.39 is 11.7 Å². The highest BCUT2D eigenvalue weighted by Gasteiger charge is 2.17. The van der Waals surface area contributed by atoms with Crippen LogP contribution in [0.4, 0.5) is 10.5 Å². The Morgan fingerprint density at radius 2 is 2.10 bits per heavy atom. The lowest BCUT2D eigenvalue weighted by Gasteiger charge is -2.20. The van der Waals surface area contributed by atoms with Gasteiger partial charge in [-0.1, -0.05) is 6.07 Å². The molecule has 0 aliphatic heterocycles. The number of anilines is 1. The van der Waals surface area contributed by atoms with E-state index in [0.29, 0.717) is 5.69 Å². The minimum Gasteiger partial charge on any atom is -0.506 e. The van der Waals surface area contributed by atoms with Crippen molar-refractivity contribution in [2.45, 2.75) is 52.2 Å². The van der Waals surface area contributed by atoms with Crippen LogP contribution in [0.5, 0.6) is 5.75 Å². The van der Waals surface area contributed by atoms with Crippen LogP contribution < -0.4 is 11.1 Å². The molecule has 112 valence electrons. The standard InChI is InChI=1S/C15H24N2O3/c1-10(16)5-6-11-7-8-13(18)12(9-11)17-14(19)20-15(2,3)4/h7-10,18H,5-6,16H2,1-4H3,(H,17,19). The zero-order valence-corrected chi connectivity index (χ0v) is 12.6. The molecule has 0 heterocycles. The van der Waals surface area contributed by atoms with Crippen LogP contribution in [0.3, 0.4) is 0 Å². The lowest BCUT2D eigenvalue weighted by Crippen LogP contribution is -2.27. The molecule has 0 aliphatic carbocycles. The minimum absolute atomic E-state index is 0.0143. The van der Waals surface area contributed by atoms with Crippen LogP contribution in [0.2, 0.25) is 0 Å². The fourth-order valence-corrected chi connectivity index (χ4v) is 1.65. The summed E-state index contributed by atoms with van der Waals surface area (Å²) >= 11 is 0. The molecular weight excluding hydrogens is 256 g/mol. The third kappa shape index (κ3) is 5.93. The summed E-state index contributed by atoms with van der Waals surface area (Å²) in [5.41, 5.74) is 6.50. The maximum atomic E-state index is 11.7. The van der Waals surface area contributed by atoms with Gasteiger partial charge in [0, 0.05) is 6.04 Å². The lowest BCUT2D eigenvalue weighted by molar-refractivity contribution is 0.0635. The van der Waals surface area contributed by atoms with E-state index in [1.54, 1.807) is 32.9 Å². The molecule has 1 amide bonds. The number of amides is 1. The van der Waals surface area contributed by atoms with Crippen LogP contribution in [0.1, 0.15) is 39.7 Å². The molecule has 0 radical (unpaired) electrons. The normalized spacial score (nSPS) is 12.8. The van der Waals surface area contributed by atoms with E-state index in [9.17, 15) is 9.90 Å². The van der Waals surface area contributed by atoms with Crippen molar-refractivity contribution >= 4 is 11.8 Å². The highest BCUT2D eigenvalue weighted by molar-refractivity contribution is 5.87. The van der Waals surface area contributed by atoms with E-state index >= 15 is 0 Å². The smallest absolute Gasteiger partial charge is 0.412 e. The van der Waals surface area contributed by atoms with Crippen LogP contribution >= 0.6 is 0 Å². The second-order valence-electron chi connectivity index (χ2n) is 5.99.